The van der Waals surface area contributed by atoms with Crippen LogP contribution in [0.4, 0.5) is 0 Å². The number of ketones is 1. The van der Waals surface area contributed by atoms with Gasteiger partial charge in [-0.2, -0.15) is 0 Å². The van der Waals surface area contributed by atoms with Gasteiger partial charge in [-0.25, -0.2) is 0 Å². The van der Waals surface area contributed by atoms with E-state index in [0.29, 0.717) is 0 Å². The summed E-state index contributed by atoms with van der Waals surface area (Å²) < 4.78 is 0. The lowest BCUT2D eigenvalue weighted by Crippen LogP contribution is -2.27. The van der Waals surface area contributed by atoms with E-state index in [-0.39, 0.29) is 24.1 Å². The fraction of sp³-hybridized carbons (Fsp3) is 0.750. The summed E-state index contributed by atoms with van der Waals surface area (Å²) in [6, 6.07) is -0.405. The van der Waals surface area contributed by atoms with Crippen molar-refractivity contribution < 1.29 is 4.79 Å². The van der Waals surface area contributed by atoms with Crippen LogP contribution >= 0.6 is 24.0 Å². The molecule has 0 saturated carbocycles. The zero-order chi connectivity index (χ0) is 5.86. The van der Waals surface area contributed by atoms with E-state index in [1.54, 1.807) is 6.92 Å². The first kappa shape index (κ1) is 11.1. The number of hydrogen-bond donors (Lipinski definition) is 1. The van der Waals surface area contributed by atoms with Gasteiger partial charge in [0, 0.05) is 0 Å². The van der Waals surface area contributed by atoms with Gasteiger partial charge < -0.3 is 5.73 Å². The van der Waals surface area contributed by atoms with Gasteiger partial charge in [0.2, 0.25) is 0 Å². The van der Waals surface area contributed by atoms with Gasteiger partial charge in [-0.05, 0) is 6.92 Å². The zero-order valence-corrected chi connectivity index (χ0v) is 6.13. The number of Topliss-reactive ketones (excluding diaryl/α,β-unsaturated/α-hetero) is 1. The smallest absolute Gasteiger partial charge is 0.163 e. The van der Waals surface area contributed by atoms with Crippen LogP contribution < -0.4 is 5.73 Å². The van der Waals surface area contributed by atoms with E-state index in [4.69, 9.17) is 17.3 Å². The number of carbonyl (C=O) groups excluding carboxylic acids is 1. The highest BCUT2D eigenvalue weighted by Gasteiger charge is 2.02. The Morgan fingerprint density at radius 1 is 1.88 bits per heavy atom. The highest BCUT2D eigenvalue weighted by atomic mass is 35.5. The van der Waals surface area contributed by atoms with Crippen molar-refractivity contribution in [2.45, 2.75) is 13.0 Å². The molecule has 8 heavy (non-hydrogen) atoms. The normalized spacial score (nSPS) is 11.9. The fourth-order valence-corrected chi connectivity index (χ4v) is 0.365. The third kappa shape index (κ3) is 4.37. The van der Waals surface area contributed by atoms with E-state index in [1.807, 2.05) is 0 Å². The van der Waals surface area contributed by atoms with Gasteiger partial charge >= 0.3 is 0 Å². The lowest BCUT2D eigenvalue weighted by molar-refractivity contribution is -0.117. The van der Waals surface area contributed by atoms with Gasteiger partial charge in [0.25, 0.3) is 0 Å². The fourth-order valence-electron chi connectivity index (χ4n) is 0.122. The van der Waals surface area contributed by atoms with Crippen molar-refractivity contribution in [3.63, 3.8) is 0 Å². The largest absolute Gasteiger partial charge is 0.322 e. The summed E-state index contributed by atoms with van der Waals surface area (Å²) in [6.07, 6.45) is 0. The lowest BCUT2D eigenvalue weighted by atomic mass is 10.3. The molecule has 0 bridgehead atoms. The minimum Gasteiger partial charge on any atom is -0.322 e. The summed E-state index contributed by atoms with van der Waals surface area (Å²) in [5.41, 5.74) is 5.11. The number of carbonyl (C=O) groups is 1. The predicted molar refractivity (Wildman–Crippen MR) is 36.6 cm³/mol. The Kier molecular flexibility index (Phi) is 7.40. The van der Waals surface area contributed by atoms with Gasteiger partial charge in [0.15, 0.2) is 5.78 Å². The maximum atomic E-state index is 10.3. The van der Waals surface area contributed by atoms with E-state index in [1.165, 1.54) is 0 Å². The molecule has 2 N–H and O–H groups in total. The molecule has 0 aliphatic heterocycles. The van der Waals surface area contributed by atoms with Crippen molar-refractivity contribution in [1.82, 2.24) is 0 Å². The molecule has 0 aromatic carbocycles. The molecule has 0 radical (unpaired) electrons. The molecule has 4 heteroatoms. The Bertz CT molecular complexity index is 74.4. The summed E-state index contributed by atoms with van der Waals surface area (Å²) >= 11 is 5.12. The highest BCUT2D eigenvalue weighted by molar-refractivity contribution is 6.28. The van der Waals surface area contributed by atoms with Crippen LogP contribution in [0.3, 0.4) is 0 Å². The summed E-state index contributed by atoms with van der Waals surface area (Å²) in [7, 11) is 0. The first-order valence-electron chi connectivity index (χ1n) is 2.02. The van der Waals surface area contributed by atoms with E-state index in [0.717, 1.165) is 0 Å². The lowest BCUT2D eigenvalue weighted by Gasteiger charge is -1.95. The Morgan fingerprint density at radius 2 is 2.25 bits per heavy atom. The standard InChI is InChI=1S/C4H8ClNO.ClH/c1-3(6)4(7)2-5;/h3H,2,6H2,1H3;1H/t3-;/m0./s1. The van der Waals surface area contributed by atoms with Crippen LogP contribution in [0.15, 0.2) is 0 Å². The van der Waals surface area contributed by atoms with E-state index in [2.05, 4.69) is 0 Å². The van der Waals surface area contributed by atoms with E-state index < -0.39 is 6.04 Å². The van der Waals surface area contributed by atoms with Crippen LogP contribution in [0.5, 0.6) is 0 Å². The van der Waals surface area contributed by atoms with Crippen LogP contribution in [0, 0.1) is 0 Å². The van der Waals surface area contributed by atoms with Crippen LogP contribution in [0.25, 0.3) is 0 Å². The van der Waals surface area contributed by atoms with Gasteiger partial charge in [0.1, 0.15) is 0 Å². The number of nitrogens with two attached hydrogens (primary N) is 1. The Morgan fingerprint density at radius 3 is 2.25 bits per heavy atom. The summed E-state index contributed by atoms with van der Waals surface area (Å²) in [5, 5.41) is 0. The molecule has 0 aromatic rings. The second-order valence-electron chi connectivity index (χ2n) is 1.39. The average Bonchev–Trinajstić information content (AvgIpc) is 1.65. The SMILES string of the molecule is C[C@H](N)C(=O)CCl.Cl. The zero-order valence-electron chi connectivity index (χ0n) is 4.56. The van der Waals surface area contributed by atoms with Crippen molar-refractivity contribution in [3.8, 4) is 0 Å². The molecule has 0 saturated heterocycles. The average molecular weight is 158 g/mol. The number of alkyl halides is 1. The monoisotopic (exact) mass is 157 g/mol. The second kappa shape index (κ2) is 5.35. The van der Waals surface area contributed by atoms with Crippen molar-refractivity contribution >= 4 is 29.8 Å². The maximum absolute atomic E-state index is 10.3. The maximum Gasteiger partial charge on any atom is 0.163 e. The second-order valence-corrected chi connectivity index (χ2v) is 1.66. The van der Waals surface area contributed by atoms with Crippen molar-refractivity contribution in [3.05, 3.63) is 0 Å². The van der Waals surface area contributed by atoms with E-state index >= 15 is 0 Å². The van der Waals surface area contributed by atoms with Gasteiger partial charge in [0.05, 0.1) is 11.9 Å². The van der Waals surface area contributed by atoms with Crippen LogP contribution in [-0.2, 0) is 4.79 Å². The van der Waals surface area contributed by atoms with E-state index in [9.17, 15) is 4.79 Å². The summed E-state index contributed by atoms with van der Waals surface area (Å²) in [6.45, 7) is 1.62. The number of halogens is 2. The Labute approximate surface area is 59.8 Å². The highest BCUT2D eigenvalue weighted by Crippen LogP contribution is 1.81. The molecule has 1 atom stereocenters. The third-order valence-electron chi connectivity index (χ3n) is 0.640. The summed E-state index contributed by atoms with van der Waals surface area (Å²) in [5.74, 6) is -0.0841. The van der Waals surface area contributed by atoms with Gasteiger partial charge in [-0.15, -0.1) is 24.0 Å². The van der Waals surface area contributed by atoms with Crippen molar-refractivity contribution in [1.29, 1.82) is 0 Å². The van der Waals surface area contributed by atoms with Gasteiger partial charge in [-0.3, -0.25) is 4.79 Å². The first-order valence-corrected chi connectivity index (χ1v) is 2.56. The molecule has 0 aliphatic carbocycles. The molecule has 0 aromatic heterocycles. The molecule has 0 fully saturated rings. The molecule has 0 aliphatic rings. The molecule has 50 valence electrons. The quantitative estimate of drug-likeness (QED) is 0.596. The Balaban J connectivity index is 0. The van der Waals surface area contributed by atoms with Crippen molar-refractivity contribution in [2.24, 2.45) is 5.73 Å². The first-order chi connectivity index (χ1) is 3.18. The number of rotatable bonds is 2. The third-order valence-corrected chi connectivity index (χ3v) is 0.903. The molecule has 0 spiro atoms. The molecular weight excluding hydrogens is 149 g/mol. The van der Waals surface area contributed by atoms with Crippen LogP contribution in [0.2, 0.25) is 0 Å². The minimum absolute atomic E-state index is 0. The molecule has 2 nitrogen and oxygen atoms in total. The molecule has 0 heterocycles. The minimum atomic E-state index is -0.405. The molecular formula is C4H9Cl2NO. The molecule has 0 unspecified atom stereocenters. The molecule has 0 rings (SSSR count). The Hall–Kier alpha value is 0.210. The topological polar surface area (TPSA) is 43.1 Å². The van der Waals surface area contributed by atoms with Crippen molar-refractivity contribution in [2.75, 3.05) is 5.88 Å². The van der Waals surface area contributed by atoms with Crippen LogP contribution in [-0.4, -0.2) is 17.7 Å². The van der Waals surface area contributed by atoms with Gasteiger partial charge in [-0.1, -0.05) is 0 Å². The number of hydrogen-bond acceptors (Lipinski definition) is 2. The predicted octanol–water partition coefficient (Wildman–Crippen LogP) is 0.563. The summed E-state index contributed by atoms with van der Waals surface area (Å²) in [4.78, 5) is 10.3. The van der Waals surface area contributed by atoms with Crippen LogP contribution in [0.1, 0.15) is 6.92 Å². The molecule has 0 amide bonds.